The molecule has 0 aliphatic rings. The zero-order valence-electron chi connectivity index (χ0n) is 7.70. The predicted molar refractivity (Wildman–Crippen MR) is 52.8 cm³/mol. The summed E-state index contributed by atoms with van der Waals surface area (Å²) in [4.78, 5) is 0. The predicted octanol–water partition coefficient (Wildman–Crippen LogP) is 1.10. The van der Waals surface area contributed by atoms with Gasteiger partial charge in [-0.05, 0) is 37.7 Å². The molecule has 3 nitrogen and oxygen atoms in total. The SMILES string of the molecule is CNCCc1cnn2ccccc12. The monoisotopic (exact) mass is 175 g/mol. The molecule has 0 atom stereocenters. The van der Waals surface area contributed by atoms with Gasteiger partial charge in [-0.15, -0.1) is 0 Å². The van der Waals surface area contributed by atoms with E-state index in [0.29, 0.717) is 0 Å². The summed E-state index contributed by atoms with van der Waals surface area (Å²) in [6, 6.07) is 6.12. The van der Waals surface area contributed by atoms with E-state index < -0.39 is 0 Å². The maximum atomic E-state index is 4.26. The largest absolute Gasteiger partial charge is 0.319 e. The van der Waals surface area contributed by atoms with E-state index in [1.807, 2.05) is 36.1 Å². The summed E-state index contributed by atoms with van der Waals surface area (Å²) in [7, 11) is 1.96. The van der Waals surface area contributed by atoms with Crippen LogP contribution in [0.3, 0.4) is 0 Å². The van der Waals surface area contributed by atoms with E-state index in [1.54, 1.807) is 0 Å². The second-order valence-electron chi connectivity index (χ2n) is 3.05. The van der Waals surface area contributed by atoms with Gasteiger partial charge in [-0.3, -0.25) is 0 Å². The van der Waals surface area contributed by atoms with E-state index in [9.17, 15) is 0 Å². The third-order valence-corrected chi connectivity index (χ3v) is 2.15. The smallest absolute Gasteiger partial charge is 0.0694 e. The fraction of sp³-hybridized carbons (Fsp3) is 0.300. The molecular weight excluding hydrogens is 162 g/mol. The molecule has 2 aromatic rings. The van der Waals surface area contributed by atoms with Gasteiger partial charge in [0.2, 0.25) is 0 Å². The highest BCUT2D eigenvalue weighted by Gasteiger charge is 2.00. The van der Waals surface area contributed by atoms with E-state index in [2.05, 4.69) is 16.5 Å². The van der Waals surface area contributed by atoms with Crippen LogP contribution in [0.5, 0.6) is 0 Å². The maximum absolute atomic E-state index is 4.26. The summed E-state index contributed by atoms with van der Waals surface area (Å²) in [5.74, 6) is 0. The first-order valence-corrected chi connectivity index (χ1v) is 4.47. The van der Waals surface area contributed by atoms with E-state index in [4.69, 9.17) is 0 Å². The van der Waals surface area contributed by atoms with Crippen LogP contribution in [-0.4, -0.2) is 23.2 Å². The zero-order chi connectivity index (χ0) is 9.10. The Kier molecular flexibility index (Phi) is 2.27. The van der Waals surface area contributed by atoms with Gasteiger partial charge in [-0.25, -0.2) is 4.52 Å². The molecule has 0 unspecified atom stereocenters. The van der Waals surface area contributed by atoms with E-state index in [0.717, 1.165) is 13.0 Å². The fourth-order valence-electron chi connectivity index (χ4n) is 1.44. The summed E-state index contributed by atoms with van der Waals surface area (Å²) in [5, 5.41) is 7.39. The van der Waals surface area contributed by atoms with Crippen LogP contribution >= 0.6 is 0 Å². The van der Waals surface area contributed by atoms with Gasteiger partial charge >= 0.3 is 0 Å². The molecule has 13 heavy (non-hydrogen) atoms. The van der Waals surface area contributed by atoms with E-state index in [1.165, 1.54) is 11.1 Å². The molecule has 68 valence electrons. The Morgan fingerprint density at radius 1 is 1.46 bits per heavy atom. The van der Waals surface area contributed by atoms with Gasteiger partial charge < -0.3 is 5.32 Å². The van der Waals surface area contributed by atoms with Crippen molar-refractivity contribution in [2.45, 2.75) is 6.42 Å². The van der Waals surface area contributed by atoms with Crippen molar-refractivity contribution >= 4 is 5.52 Å². The van der Waals surface area contributed by atoms with Gasteiger partial charge in [0.1, 0.15) is 0 Å². The molecule has 2 heterocycles. The van der Waals surface area contributed by atoms with Crippen molar-refractivity contribution < 1.29 is 0 Å². The second-order valence-corrected chi connectivity index (χ2v) is 3.05. The Hall–Kier alpha value is -1.35. The summed E-state index contributed by atoms with van der Waals surface area (Å²) in [6.45, 7) is 0.996. The summed E-state index contributed by atoms with van der Waals surface area (Å²) < 4.78 is 1.91. The quantitative estimate of drug-likeness (QED) is 0.756. The molecule has 0 aliphatic heterocycles. The van der Waals surface area contributed by atoms with Crippen LogP contribution in [0.2, 0.25) is 0 Å². The third-order valence-electron chi connectivity index (χ3n) is 2.15. The van der Waals surface area contributed by atoms with Gasteiger partial charge in [0.15, 0.2) is 0 Å². The number of rotatable bonds is 3. The lowest BCUT2D eigenvalue weighted by molar-refractivity contribution is 0.795. The first kappa shape index (κ1) is 8.26. The molecule has 0 saturated carbocycles. The average Bonchev–Trinajstić information content (AvgIpc) is 2.58. The van der Waals surface area contributed by atoms with E-state index in [-0.39, 0.29) is 0 Å². The minimum atomic E-state index is 0.996. The number of fused-ring (bicyclic) bond motifs is 1. The highest BCUT2D eigenvalue weighted by molar-refractivity contribution is 5.53. The van der Waals surface area contributed by atoms with Crippen LogP contribution in [0.1, 0.15) is 5.56 Å². The Bertz CT molecular complexity index is 392. The van der Waals surface area contributed by atoms with Crippen LogP contribution in [0, 0.1) is 0 Å². The highest BCUT2D eigenvalue weighted by Crippen LogP contribution is 2.09. The molecular formula is C10H13N3. The van der Waals surface area contributed by atoms with Crippen molar-refractivity contribution in [1.82, 2.24) is 14.9 Å². The molecule has 0 amide bonds. The number of nitrogens with zero attached hydrogens (tertiary/aromatic N) is 2. The van der Waals surface area contributed by atoms with Gasteiger partial charge in [0.25, 0.3) is 0 Å². The van der Waals surface area contributed by atoms with Crippen molar-refractivity contribution in [2.24, 2.45) is 0 Å². The zero-order valence-corrected chi connectivity index (χ0v) is 7.70. The number of hydrogen-bond acceptors (Lipinski definition) is 2. The molecule has 3 heteroatoms. The molecule has 2 rings (SSSR count). The molecule has 0 aromatic carbocycles. The van der Waals surface area contributed by atoms with Gasteiger partial charge in [-0.1, -0.05) is 6.07 Å². The van der Waals surface area contributed by atoms with Crippen molar-refractivity contribution in [3.8, 4) is 0 Å². The number of hydrogen-bond donors (Lipinski definition) is 1. The first-order chi connectivity index (χ1) is 6.42. The molecule has 0 aliphatic carbocycles. The standard InChI is InChI=1S/C10H13N3/c1-11-6-5-9-8-12-13-7-3-2-4-10(9)13/h2-4,7-8,11H,5-6H2,1H3. The summed E-state index contributed by atoms with van der Waals surface area (Å²) >= 11 is 0. The number of aromatic nitrogens is 2. The molecule has 0 fully saturated rings. The number of nitrogens with one attached hydrogen (secondary N) is 1. The van der Waals surface area contributed by atoms with Crippen LogP contribution < -0.4 is 5.32 Å². The average molecular weight is 175 g/mol. The van der Waals surface area contributed by atoms with Gasteiger partial charge in [0, 0.05) is 6.20 Å². The number of likely N-dealkylation sites (N-methyl/N-ethyl adjacent to an activating group) is 1. The summed E-state index contributed by atoms with van der Waals surface area (Å²) in [6.07, 6.45) is 4.94. The molecule has 0 bridgehead atoms. The van der Waals surface area contributed by atoms with Crippen molar-refractivity contribution in [3.63, 3.8) is 0 Å². The van der Waals surface area contributed by atoms with Gasteiger partial charge in [-0.2, -0.15) is 5.10 Å². The topological polar surface area (TPSA) is 29.3 Å². The normalized spacial score (nSPS) is 10.8. The molecule has 2 aromatic heterocycles. The minimum absolute atomic E-state index is 0.996. The van der Waals surface area contributed by atoms with Crippen LogP contribution in [0.25, 0.3) is 5.52 Å². The molecule has 1 N–H and O–H groups in total. The number of pyridine rings is 1. The van der Waals surface area contributed by atoms with Crippen molar-refractivity contribution in [2.75, 3.05) is 13.6 Å². The Morgan fingerprint density at radius 2 is 2.38 bits per heavy atom. The van der Waals surface area contributed by atoms with Crippen LogP contribution in [0.15, 0.2) is 30.6 Å². The molecule has 0 radical (unpaired) electrons. The lowest BCUT2D eigenvalue weighted by Gasteiger charge is -1.97. The fourth-order valence-corrected chi connectivity index (χ4v) is 1.44. The van der Waals surface area contributed by atoms with Crippen molar-refractivity contribution in [1.29, 1.82) is 0 Å². The third kappa shape index (κ3) is 1.55. The van der Waals surface area contributed by atoms with Gasteiger partial charge in [0.05, 0.1) is 11.7 Å². The van der Waals surface area contributed by atoms with E-state index >= 15 is 0 Å². The Morgan fingerprint density at radius 3 is 3.23 bits per heavy atom. The van der Waals surface area contributed by atoms with Crippen molar-refractivity contribution in [3.05, 3.63) is 36.2 Å². The first-order valence-electron chi connectivity index (χ1n) is 4.47. The maximum Gasteiger partial charge on any atom is 0.0694 e. The minimum Gasteiger partial charge on any atom is -0.319 e. The second kappa shape index (κ2) is 3.58. The van der Waals surface area contributed by atoms with Crippen LogP contribution in [0.4, 0.5) is 0 Å². The highest BCUT2D eigenvalue weighted by atomic mass is 15.2. The Labute approximate surface area is 77.4 Å². The molecule has 0 saturated heterocycles. The van der Waals surface area contributed by atoms with Crippen LogP contribution in [-0.2, 0) is 6.42 Å². The molecule has 0 spiro atoms. The Balaban J connectivity index is 2.35. The lowest BCUT2D eigenvalue weighted by Crippen LogP contribution is -2.09. The lowest BCUT2D eigenvalue weighted by atomic mass is 10.2. The summed E-state index contributed by atoms with van der Waals surface area (Å²) in [5.41, 5.74) is 2.51.